The number of nitrogens with zero attached hydrogens (tertiary/aromatic N) is 4. The van der Waals surface area contributed by atoms with Crippen molar-refractivity contribution in [2.24, 2.45) is 0 Å². The molecule has 0 spiro atoms. The molecule has 2 rings (SSSR count). The highest BCUT2D eigenvalue weighted by molar-refractivity contribution is 5.35. The molecule has 0 atom stereocenters. The van der Waals surface area contributed by atoms with E-state index in [0.29, 0.717) is 0 Å². The lowest BCUT2D eigenvalue weighted by atomic mass is 10.3. The molecule has 4 heteroatoms. The smallest absolute Gasteiger partial charge is 0.147 e. The summed E-state index contributed by atoms with van der Waals surface area (Å²) in [7, 11) is 0. The van der Waals surface area contributed by atoms with E-state index in [9.17, 15) is 0 Å². The number of hydrogen-bond donors (Lipinski definition) is 0. The zero-order chi connectivity index (χ0) is 11.2. The normalized spacial score (nSPS) is 18.4. The van der Waals surface area contributed by atoms with Crippen LogP contribution in [0.1, 0.15) is 19.8 Å². The summed E-state index contributed by atoms with van der Waals surface area (Å²) in [5.74, 6) is 1.01. The molecular weight excluding hydrogens is 200 g/mol. The third-order valence-corrected chi connectivity index (χ3v) is 3.00. The van der Waals surface area contributed by atoms with Crippen LogP contribution in [0.25, 0.3) is 0 Å². The summed E-state index contributed by atoms with van der Waals surface area (Å²) >= 11 is 0. The summed E-state index contributed by atoms with van der Waals surface area (Å²) in [6.07, 6.45) is 7.81. The van der Waals surface area contributed by atoms with Gasteiger partial charge in [-0.15, -0.1) is 0 Å². The van der Waals surface area contributed by atoms with Crippen LogP contribution in [0.3, 0.4) is 0 Å². The summed E-state index contributed by atoms with van der Waals surface area (Å²) < 4.78 is 0. The average molecular weight is 220 g/mol. The molecule has 1 saturated heterocycles. The average Bonchev–Trinajstić information content (AvgIpc) is 2.57. The van der Waals surface area contributed by atoms with Gasteiger partial charge in [0.25, 0.3) is 0 Å². The van der Waals surface area contributed by atoms with E-state index >= 15 is 0 Å². The van der Waals surface area contributed by atoms with Crippen LogP contribution in [0.15, 0.2) is 18.6 Å². The third kappa shape index (κ3) is 2.92. The first-order valence-electron chi connectivity index (χ1n) is 6.13. The summed E-state index contributed by atoms with van der Waals surface area (Å²) in [5.41, 5.74) is 0. The van der Waals surface area contributed by atoms with Crippen molar-refractivity contribution in [3.63, 3.8) is 0 Å². The molecule has 0 aromatic carbocycles. The standard InChI is InChI=1S/C12H20N4/c1-2-6-15-7-3-8-16(10-9-15)12-11-13-4-5-14-12/h4-5,11H,2-3,6-10H2,1H3. The predicted octanol–water partition coefficient (Wildman–Crippen LogP) is 1.40. The highest BCUT2D eigenvalue weighted by Crippen LogP contribution is 2.11. The number of anilines is 1. The fourth-order valence-corrected chi connectivity index (χ4v) is 2.19. The molecule has 1 aliphatic heterocycles. The first-order chi connectivity index (χ1) is 7.90. The first kappa shape index (κ1) is 11.3. The van der Waals surface area contributed by atoms with Gasteiger partial charge >= 0.3 is 0 Å². The van der Waals surface area contributed by atoms with Crippen LogP contribution >= 0.6 is 0 Å². The molecule has 1 fully saturated rings. The van der Waals surface area contributed by atoms with Crippen molar-refractivity contribution in [3.05, 3.63) is 18.6 Å². The lowest BCUT2D eigenvalue weighted by molar-refractivity contribution is 0.294. The third-order valence-electron chi connectivity index (χ3n) is 3.00. The lowest BCUT2D eigenvalue weighted by Gasteiger charge is -2.21. The van der Waals surface area contributed by atoms with Crippen molar-refractivity contribution in [3.8, 4) is 0 Å². The zero-order valence-corrected chi connectivity index (χ0v) is 9.97. The Morgan fingerprint density at radius 2 is 2.12 bits per heavy atom. The van der Waals surface area contributed by atoms with Crippen LogP contribution in [0.2, 0.25) is 0 Å². The Kier molecular flexibility index (Phi) is 4.10. The van der Waals surface area contributed by atoms with Crippen LogP contribution < -0.4 is 4.90 Å². The van der Waals surface area contributed by atoms with Crippen LogP contribution in [0, 0.1) is 0 Å². The van der Waals surface area contributed by atoms with Crippen LogP contribution in [0.5, 0.6) is 0 Å². The predicted molar refractivity (Wildman–Crippen MR) is 65.6 cm³/mol. The van der Waals surface area contributed by atoms with Crippen molar-refractivity contribution >= 4 is 5.82 Å². The van der Waals surface area contributed by atoms with E-state index < -0.39 is 0 Å². The van der Waals surface area contributed by atoms with Crippen molar-refractivity contribution in [1.29, 1.82) is 0 Å². The second-order valence-corrected chi connectivity index (χ2v) is 4.25. The molecule has 0 N–H and O–H groups in total. The minimum absolute atomic E-state index is 1.01. The van der Waals surface area contributed by atoms with Gasteiger partial charge in [-0.3, -0.25) is 4.98 Å². The monoisotopic (exact) mass is 220 g/mol. The molecule has 0 bridgehead atoms. The summed E-state index contributed by atoms with van der Waals surface area (Å²) in [5, 5.41) is 0. The summed E-state index contributed by atoms with van der Waals surface area (Å²) in [6.45, 7) is 7.98. The summed E-state index contributed by atoms with van der Waals surface area (Å²) in [6, 6.07) is 0. The molecule has 0 saturated carbocycles. The molecule has 0 amide bonds. The molecule has 1 aromatic rings. The Morgan fingerprint density at radius 1 is 1.19 bits per heavy atom. The highest BCUT2D eigenvalue weighted by Gasteiger charge is 2.14. The van der Waals surface area contributed by atoms with Gasteiger partial charge in [-0.25, -0.2) is 4.98 Å². The second-order valence-electron chi connectivity index (χ2n) is 4.25. The van der Waals surface area contributed by atoms with Crippen molar-refractivity contribution in [1.82, 2.24) is 14.9 Å². The number of hydrogen-bond acceptors (Lipinski definition) is 4. The maximum absolute atomic E-state index is 4.36. The number of rotatable bonds is 3. The maximum atomic E-state index is 4.36. The van der Waals surface area contributed by atoms with Gasteiger partial charge in [0.05, 0.1) is 6.20 Å². The molecule has 1 aromatic heterocycles. The molecule has 0 radical (unpaired) electrons. The highest BCUT2D eigenvalue weighted by atomic mass is 15.2. The maximum Gasteiger partial charge on any atom is 0.147 e. The van der Waals surface area contributed by atoms with Crippen molar-refractivity contribution in [2.45, 2.75) is 19.8 Å². The van der Waals surface area contributed by atoms with Crippen LogP contribution in [-0.2, 0) is 0 Å². The van der Waals surface area contributed by atoms with Gasteiger partial charge in [0, 0.05) is 32.0 Å². The van der Waals surface area contributed by atoms with Gasteiger partial charge in [0.15, 0.2) is 0 Å². The summed E-state index contributed by atoms with van der Waals surface area (Å²) in [4.78, 5) is 13.4. The fourth-order valence-electron chi connectivity index (χ4n) is 2.19. The van der Waals surface area contributed by atoms with Gasteiger partial charge in [0.1, 0.15) is 5.82 Å². The second kappa shape index (κ2) is 5.80. The zero-order valence-electron chi connectivity index (χ0n) is 9.97. The first-order valence-corrected chi connectivity index (χ1v) is 6.13. The largest absolute Gasteiger partial charge is 0.354 e. The Bertz CT molecular complexity index is 301. The van der Waals surface area contributed by atoms with E-state index in [1.807, 2.05) is 6.20 Å². The van der Waals surface area contributed by atoms with Gasteiger partial charge in [-0.05, 0) is 25.9 Å². The van der Waals surface area contributed by atoms with Crippen LogP contribution in [0.4, 0.5) is 5.82 Å². The molecular formula is C12H20N4. The molecule has 2 heterocycles. The Morgan fingerprint density at radius 3 is 2.88 bits per heavy atom. The van der Waals surface area contributed by atoms with Crippen LogP contribution in [-0.4, -0.2) is 47.6 Å². The van der Waals surface area contributed by atoms with Gasteiger partial charge in [-0.1, -0.05) is 6.92 Å². The Balaban J connectivity index is 1.94. The number of aromatic nitrogens is 2. The Labute approximate surface area is 97.3 Å². The minimum atomic E-state index is 1.01. The molecule has 88 valence electrons. The van der Waals surface area contributed by atoms with E-state index in [1.165, 1.54) is 25.9 Å². The topological polar surface area (TPSA) is 32.3 Å². The molecule has 0 aliphatic carbocycles. The van der Waals surface area contributed by atoms with Crippen molar-refractivity contribution in [2.75, 3.05) is 37.6 Å². The van der Waals surface area contributed by atoms with E-state index in [4.69, 9.17) is 0 Å². The minimum Gasteiger partial charge on any atom is -0.354 e. The SMILES string of the molecule is CCCN1CCCN(c2cnccn2)CC1. The van der Waals surface area contributed by atoms with Gasteiger partial charge in [-0.2, -0.15) is 0 Å². The lowest BCUT2D eigenvalue weighted by Crippen LogP contribution is -2.31. The van der Waals surface area contributed by atoms with E-state index in [-0.39, 0.29) is 0 Å². The molecule has 0 unspecified atom stereocenters. The quantitative estimate of drug-likeness (QED) is 0.770. The van der Waals surface area contributed by atoms with Gasteiger partial charge < -0.3 is 9.80 Å². The van der Waals surface area contributed by atoms with Gasteiger partial charge in [0.2, 0.25) is 0 Å². The van der Waals surface area contributed by atoms with E-state index in [1.54, 1.807) is 12.4 Å². The molecule has 4 nitrogen and oxygen atoms in total. The van der Waals surface area contributed by atoms with Crippen molar-refractivity contribution < 1.29 is 0 Å². The van der Waals surface area contributed by atoms with E-state index in [2.05, 4.69) is 26.7 Å². The molecule has 16 heavy (non-hydrogen) atoms. The fraction of sp³-hybridized carbons (Fsp3) is 0.667. The molecule has 1 aliphatic rings. The Hall–Kier alpha value is -1.16. The van der Waals surface area contributed by atoms with E-state index in [0.717, 1.165) is 25.5 Å².